The van der Waals surface area contributed by atoms with Crippen molar-refractivity contribution in [3.05, 3.63) is 51.0 Å². The summed E-state index contributed by atoms with van der Waals surface area (Å²) in [4.78, 5) is 10.5. The Morgan fingerprint density at radius 2 is 2.29 bits per heavy atom. The molecule has 0 saturated carbocycles. The molecule has 1 aromatic carbocycles. The predicted molar refractivity (Wildman–Crippen MR) is 73.0 cm³/mol. The molecule has 7 nitrogen and oxygen atoms in total. The number of hydrogen-bond acceptors (Lipinski definition) is 5. The van der Waals surface area contributed by atoms with E-state index in [2.05, 4.69) is 10.4 Å². The lowest BCUT2D eigenvalue weighted by Crippen LogP contribution is -2.07. The quantitative estimate of drug-likeness (QED) is 0.687. The van der Waals surface area contributed by atoms with Gasteiger partial charge in [0.15, 0.2) is 0 Å². The molecule has 0 aliphatic carbocycles. The van der Waals surface area contributed by atoms with E-state index in [9.17, 15) is 14.5 Å². The van der Waals surface area contributed by atoms with E-state index in [0.717, 1.165) is 6.07 Å². The molecule has 1 aromatic heterocycles. The number of nitrogens with zero attached hydrogens (tertiary/aromatic N) is 4. The molecule has 8 heteroatoms. The van der Waals surface area contributed by atoms with Crippen molar-refractivity contribution in [3.8, 4) is 6.07 Å². The number of anilines is 1. The van der Waals surface area contributed by atoms with Crippen molar-refractivity contribution in [2.45, 2.75) is 13.5 Å². The van der Waals surface area contributed by atoms with Crippen molar-refractivity contribution in [2.75, 3.05) is 5.32 Å². The van der Waals surface area contributed by atoms with Gasteiger partial charge in [0.2, 0.25) is 5.82 Å². The number of nitro groups is 1. The zero-order valence-corrected chi connectivity index (χ0v) is 11.4. The summed E-state index contributed by atoms with van der Waals surface area (Å²) in [5.41, 5.74) is 0.678. The van der Waals surface area contributed by atoms with E-state index >= 15 is 0 Å². The number of aromatic nitrogens is 2. The van der Waals surface area contributed by atoms with E-state index in [1.807, 2.05) is 6.07 Å². The highest BCUT2D eigenvalue weighted by Gasteiger charge is 2.23. The van der Waals surface area contributed by atoms with Gasteiger partial charge in [0.1, 0.15) is 11.5 Å². The Kier molecular flexibility index (Phi) is 3.84. The lowest BCUT2D eigenvalue weighted by atomic mass is 10.1. The van der Waals surface area contributed by atoms with Crippen LogP contribution >= 0.6 is 0 Å². The second-order valence-electron chi connectivity index (χ2n) is 4.43. The van der Waals surface area contributed by atoms with Crippen molar-refractivity contribution < 1.29 is 9.31 Å². The van der Waals surface area contributed by atoms with Gasteiger partial charge in [-0.25, -0.2) is 9.07 Å². The van der Waals surface area contributed by atoms with Crippen LogP contribution in [0.2, 0.25) is 0 Å². The Morgan fingerprint density at radius 3 is 2.86 bits per heavy atom. The van der Waals surface area contributed by atoms with Crippen molar-refractivity contribution in [2.24, 2.45) is 7.05 Å². The SMILES string of the molecule is Cc1nn(C)c(NCc2ccc(C#N)cc2F)c1[N+](=O)[O-]. The minimum absolute atomic E-state index is 0.0529. The van der Waals surface area contributed by atoms with Crippen molar-refractivity contribution in [3.63, 3.8) is 0 Å². The zero-order valence-electron chi connectivity index (χ0n) is 11.4. The van der Waals surface area contributed by atoms with E-state index in [1.54, 1.807) is 7.05 Å². The molecule has 0 unspecified atom stereocenters. The molecule has 0 bridgehead atoms. The first-order valence-corrected chi connectivity index (χ1v) is 6.04. The topological polar surface area (TPSA) is 96.8 Å². The number of nitriles is 1. The molecule has 21 heavy (non-hydrogen) atoms. The van der Waals surface area contributed by atoms with Gasteiger partial charge in [-0.3, -0.25) is 10.1 Å². The Bertz CT molecular complexity index is 748. The van der Waals surface area contributed by atoms with Gasteiger partial charge in [-0.1, -0.05) is 6.07 Å². The Hall–Kier alpha value is -2.95. The first kappa shape index (κ1) is 14.5. The molecule has 0 spiro atoms. The molecule has 108 valence electrons. The Balaban J connectivity index is 2.25. The minimum atomic E-state index is -0.539. The van der Waals surface area contributed by atoms with Gasteiger partial charge in [0, 0.05) is 19.2 Å². The van der Waals surface area contributed by atoms with Crippen LogP contribution in [-0.4, -0.2) is 14.7 Å². The first-order valence-electron chi connectivity index (χ1n) is 6.04. The molecule has 0 fully saturated rings. The van der Waals surface area contributed by atoms with Crippen LogP contribution in [0.25, 0.3) is 0 Å². The molecule has 0 amide bonds. The van der Waals surface area contributed by atoms with Gasteiger partial charge in [0.05, 0.1) is 16.6 Å². The fourth-order valence-electron chi connectivity index (χ4n) is 2.00. The second kappa shape index (κ2) is 5.58. The molecule has 0 aliphatic rings. The molecule has 1 heterocycles. The highest BCUT2D eigenvalue weighted by molar-refractivity contribution is 5.59. The average Bonchev–Trinajstić information content (AvgIpc) is 2.71. The molecule has 0 aliphatic heterocycles. The normalized spacial score (nSPS) is 10.2. The summed E-state index contributed by atoms with van der Waals surface area (Å²) in [5, 5.41) is 26.5. The predicted octanol–water partition coefficient (Wildman–Crippen LogP) is 2.26. The summed E-state index contributed by atoms with van der Waals surface area (Å²) < 4.78 is 15.1. The van der Waals surface area contributed by atoms with Crippen LogP contribution in [0.3, 0.4) is 0 Å². The number of nitrogens with one attached hydrogen (secondary N) is 1. The molecule has 2 aromatic rings. The van der Waals surface area contributed by atoms with E-state index in [1.165, 1.54) is 23.7 Å². The van der Waals surface area contributed by atoms with Gasteiger partial charge in [0.25, 0.3) is 0 Å². The monoisotopic (exact) mass is 289 g/mol. The van der Waals surface area contributed by atoms with Crippen LogP contribution in [0.5, 0.6) is 0 Å². The molecular weight excluding hydrogens is 277 g/mol. The zero-order chi connectivity index (χ0) is 15.6. The third-order valence-electron chi connectivity index (χ3n) is 3.00. The summed E-state index contributed by atoms with van der Waals surface area (Å²) in [6.45, 7) is 1.59. The van der Waals surface area contributed by atoms with Crippen LogP contribution < -0.4 is 5.32 Å². The summed E-state index contributed by atoms with van der Waals surface area (Å²) in [7, 11) is 1.57. The van der Waals surface area contributed by atoms with Crippen LogP contribution in [0.15, 0.2) is 18.2 Å². The Labute approximate surface area is 119 Å². The molecule has 0 saturated heterocycles. The van der Waals surface area contributed by atoms with Gasteiger partial charge in [-0.15, -0.1) is 0 Å². The smallest absolute Gasteiger partial charge is 0.333 e. The van der Waals surface area contributed by atoms with Gasteiger partial charge in [-0.05, 0) is 19.1 Å². The maximum atomic E-state index is 13.8. The summed E-state index contributed by atoms with van der Waals surface area (Å²) in [5.74, 6) is -0.329. The van der Waals surface area contributed by atoms with Crippen molar-refractivity contribution in [1.82, 2.24) is 9.78 Å². The van der Waals surface area contributed by atoms with Crippen molar-refractivity contribution >= 4 is 11.5 Å². The highest BCUT2D eigenvalue weighted by atomic mass is 19.1. The minimum Gasteiger partial charge on any atom is -0.360 e. The van der Waals surface area contributed by atoms with Crippen LogP contribution in [0.4, 0.5) is 15.9 Å². The van der Waals surface area contributed by atoms with Crippen LogP contribution in [0.1, 0.15) is 16.8 Å². The van der Waals surface area contributed by atoms with E-state index in [-0.39, 0.29) is 29.3 Å². The summed E-state index contributed by atoms with van der Waals surface area (Å²) >= 11 is 0. The molecule has 0 radical (unpaired) electrons. The third kappa shape index (κ3) is 2.81. The maximum absolute atomic E-state index is 13.8. The second-order valence-corrected chi connectivity index (χ2v) is 4.43. The fraction of sp³-hybridized carbons (Fsp3) is 0.231. The van der Waals surface area contributed by atoms with Gasteiger partial charge < -0.3 is 5.32 Å². The lowest BCUT2D eigenvalue weighted by Gasteiger charge is -2.07. The highest BCUT2D eigenvalue weighted by Crippen LogP contribution is 2.27. The standard InChI is InChI=1S/C13H12FN5O2/c1-8-12(19(20)21)13(18(2)17-8)16-7-10-4-3-9(6-15)5-11(10)14/h3-5,16H,7H2,1-2H3. The number of benzene rings is 1. The van der Waals surface area contributed by atoms with Gasteiger partial charge >= 0.3 is 5.69 Å². The third-order valence-corrected chi connectivity index (χ3v) is 3.00. The molecule has 2 rings (SSSR count). The summed E-state index contributed by atoms with van der Waals surface area (Å²) in [6, 6.07) is 5.92. The summed E-state index contributed by atoms with van der Waals surface area (Å²) in [6.07, 6.45) is 0. The molecule has 1 N–H and O–H groups in total. The largest absolute Gasteiger partial charge is 0.360 e. The Morgan fingerprint density at radius 1 is 1.57 bits per heavy atom. The van der Waals surface area contributed by atoms with E-state index < -0.39 is 10.7 Å². The number of rotatable bonds is 4. The molecule has 0 atom stereocenters. The van der Waals surface area contributed by atoms with Crippen LogP contribution in [0, 0.1) is 34.2 Å². The van der Waals surface area contributed by atoms with Crippen LogP contribution in [-0.2, 0) is 13.6 Å². The molecular formula is C13H12FN5O2. The van der Waals surface area contributed by atoms with Gasteiger partial charge in [-0.2, -0.15) is 10.4 Å². The fourth-order valence-corrected chi connectivity index (χ4v) is 2.00. The van der Waals surface area contributed by atoms with Crippen molar-refractivity contribution in [1.29, 1.82) is 5.26 Å². The number of aryl methyl sites for hydroxylation is 2. The average molecular weight is 289 g/mol. The van der Waals surface area contributed by atoms with E-state index in [0.29, 0.717) is 5.56 Å². The van der Waals surface area contributed by atoms with E-state index in [4.69, 9.17) is 5.26 Å². The lowest BCUT2D eigenvalue weighted by molar-refractivity contribution is -0.384. The number of hydrogen-bond donors (Lipinski definition) is 1. The first-order chi connectivity index (χ1) is 9.93. The number of halogens is 1. The maximum Gasteiger partial charge on any atom is 0.333 e.